The molecule has 0 saturated carbocycles. The van der Waals surface area contributed by atoms with Crippen molar-refractivity contribution in [3.63, 3.8) is 0 Å². The van der Waals surface area contributed by atoms with E-state index in [2.05, 4.69) is 111 Å². The maximum Gasteiger partial charge on any atom is 0.192 e. The van der Waals surface area contributed by atoms with Crippen molar-refractivity contribution in [1.82, 2.24) is 0 Å². The van der Waals surface area contributed by atoms with Crippen molar-refractivity contribution >= 4 is 27.6 Å². The van der Waals surface area contributed by atoms with E-state index in [0.717, 1.165) is 49.7 Å². The van der Waals surface area contributed by atoms with Crippen LogP contribution in [-0.4, -0.2) is 34.9 Å². The predicted octanol–water partition coefficient (Wildman–Crippen LogP) is 10.5. The molecule has 2 aromatic rings. The van der Waals surface area contributed by atoms with E-state index in [1.54, 1.807) is 0 Å². The summed E-state index contributed by atoms with van der Waals surface area (Å²) < 4.78 is 19.8. The number of hydrogen-bond donors (Lipinski definition) is 0. The van der Waals surface area contributed by atoms with Crippen LogP contribution in [0.3, 0.4) is 0 Å². The third-order valence-electron chi connectivity index (χ3n) is 11.8. The first kappa shape index (κ1) is 36.8. The second-order valence-corrected chi connectivity index (χ2v) is 27.0. The molecule has 1 aromatic carbocycles. The highest BCUT2D eigenvalue weighted by atomic mass is 28.4. The van der Waals surface area contributed by atoms with Gasteiger partial charge in [-0.15, -0.1) is 6.58 Å². The van der Waals surface area contributed by atoms with E-state index in [0.29, 0.717) is 24.9 Å². The monoisotopic (exact) mass is 662 g/mol. The zero-order chi connectivity index (χ0) is 33.9. The van der Waals surface area contributed by atoms with E-state index in [1.165, 1.54) is 23.1 Å². The number of fused-ring (bicyclic) bond motifs is 4. The number of hydrogen-bond acceptors (Lipinski definition) is 4. The number of ketones is 1. The lowest BCUT2D eigenvalue weighted by Gasteiger charge is -2.46. The molecule has 6 heteroatoms. The number of furan rings is 1. The highest BCUT2D eigenvalue weighted by molar-refractivity contribution is 6.91. The van der Waals surface area contributed by atoms with Gasteiger partial charge in [-0.05, 0) is 65.4 Å². The first-order chi connectivity index (χ1) is 21.5. The quantitative estimate of drug-likeness (QED) is 0.115. The second kappa shape index (κ2) is 14.6. The molecule has 0 radical (unpaired) electrons. The van der Waals surface area contributed by atoms with Gasteiger partial charge in [-0.2, -0.15) is 0 Å². The summed E-state index contributed by atoms with van der Waals surface area (Å²) in [6, 6.07) is 10.4. The summed E-state index contributed by atoms with van der Waals surface area (Å²) in [5, 5.41) is 1.25. The van der Waals surface area contributed by atoms with Gasteiger partial charge in [0, 0.05) is 30.1 Å². The molecule has 4 rings (SSSR count). The summed E-state index contributed by atoms with van der Waals surface area (Å²) in [4.78, 5) is 14.4. The van der Waals surface area contributed by atoms with Gasteiger partial charge >= 0.3 is 0 Å². The van der Waals surface area contributed by atoms with Gasteiger partial charge in [-0.1, -0.05) is 116 Å². The summed E-state index contributed by atoms with van der Waals surface area (Å²) in [5.41, 5.74) is 4.54. The second-order valence-electron chi connectivity index (χ2n) is 17.0. The summed E-state index contributed by atoms with van der Waals surface area (Å²) in [6.07, 6.45) is 13.2. The number of carbonyl (C=O) groups is 1. The summed E-state index contributed by atoms with van der Waals surface area (Å²) in [7, 11) is -4.21. The van der Waals surface area contributed by atoms with Gasteiger partial charge in [0.1, 0.15) is 8.07 Å². The van der Waals surface area contributed by atoms with Crippen LogP contribution >= 0.6 is 0 Å². The van der Waals surface area contributed by atoms with Gasteiger partial charge < -0.3 is 13.6 Å². The van der Waals surface area contributed by atoms with Crippen LogP contribution in [0.5, 0.6) is 0 Å². The molecule has 0 fully saturated rings. The lowest BCUT2D eigenvalue weighted by molar-refractivity contribution is -0.116. The number of ether oxygens (including phenoxy) is 1. The standard InChI is InChI=1S/C40H62O4Si2/c1-12-20-31-30(23-18-13-14-19-24-42-27-29-21-16-15-17-22-29)25-33-35(41)26-32-34(28-43-38(32)45(8,9)39(2,3)4)36(31)37(33)44-46(10,11)40(5,6)7/h12,15-17,21-22,25,28,30-31,36-37H,1,13-14,18-20,23-24,26-27H2,2-11H3/t30-,31+,36+,37+/m1/s1. The number of Topliss-reactive ketones (excluding diaryl/α,β-unsaturated/α-hetero) is 1. The molecule has 0 N–H and O–H groups in total. The minimum absolute atomic E-state index is 0.0425. The number of unbranched alkanes of at least 4 members (excludes halogenated alkanes) is 3. The number of rotatable bonds is 14. The molecule has 4 atom stereocenters. The van der Waals surface area contributed by atoms with Gasteiger partial charge in [-0.3, -0.25) is 4.79 Å². The van der Waals surface area contributed by atoms with Crippen molar-refractivity contribution in [2.45, 2.75) is 141 Å². The summed E-state index contributed by atoms with van der Waals surface area (Å²) in [5.74, 6) is 0.950. The van der Waals surface area contributed by atoms with Gasteiger partial charge in [0.15, 0.2) is 14.1 Å². The Bertz CT molecular complexity index is 1360. The van der Waals surface area contributed by atoms with Crippen LogP contribution in [0.1, 0.15) is 103 Å². The fraction of sp³-hybridized carbons (Fsp3) is 0.625. The Morgan fingerprint density at radius 2 is 1.63 bits per heavy atom. The molecule has 2 bridgehead atoms. The fourth-order valence-electron chi connectivity index (χ4n) is 6.91. The molecule has 1 heterocycles. The molecule has 0 aliphatic heterocycles. The molecule has 0 amide bonds. The minimum atomic E-state index is -2.19. The highest BCUT2D eigenvalue weighted by Crippen LogP contribution is 2.52. The molecule has 4 nitrogen and oxygen atoms in total. The SMILES string of the molecule is C=CC[C@@H]1[C@H]2c3coc([Si](C)(C)C(C)(C)C)c3CC(=O)C(=C[C@H]1CCCCCCOCc1ccccc1)[C@@H]2O[Si](C)(C)C(C)(C)C. The average Bonchev–Trinajstić information content (AvgIpc) is 3.35. The largest absolute Gasteiger partial charge is 0.474 e. The zero-order valence-corrected chi connectivity index (χ0v) is 32.6. The van der Waals surface area contributed by atoms with E-state index < -0.39 is 16.4 Å². The smallest absolute Gasteiger partial charge is 0.192 e. The molecule has 46 heavy (non-hydrogen) atoms. The van der Waals surface area contributed by atoms with Gasteiger partial charge in [-0.25, -0.2) is 0 Å². The molecule has 0 saturated heterocycles. The van der Waals surface area contributed by atoms with Crippen molar-refractivity contribution in [2.75, 3.05) is 6.61 Å². The number of benzene rings is 1. The number of carbonyl (C=O) groups excluding carboxylic acids is 1. The van der Waals surface area contributed by atoms with Gasteiger partial charge in [0.25, 0.3) is 0 Å². The molecule has 1 aromatic heterocycles. The lowest BCUT2D eigenvalue weighted by Crippen LogP contribution is -2.50. The lowest BCUT2D eigenvalue weighted by atomic mass is 9.66. The van der Waals surface area contributed by atoms with Crippen LogP contribution in [0.4, 0.5) is 0 Å². The van der Waals surface area contributed by atoms with Crippen LogP contribution in [0.25, 0.3) is 0 Å². The molecular weight excluding hydrogens is 601 g/mol. The highest BCUT2D eigenvalue weighted by Gasteiger charge is 2.52. The molecule has 2 aliphatic carbocycles. The molecule has 254 valence electrons. The molecule has 2 aliphatic rings. The Morgan fingerprint density at radius 1 is 0.957 bits per heavy atom. The van der Waals surface area contributed by atoms with E-state index in [9.17, 15) is 4.79 Å². The zero-order valence-electron chi connectivity index (χ0n) is 30.6. The van der Waals surface area contributed by atoms with Crippen molar-refractivity contribution in [2.24, 2.45) is 11.8 Å². The van der Waals surface area contributed by atoms with E-state index in [4.69, 9.17) is 13.6 Å². The van der Waals surface area contributed by atoms with E-state index >= 15 is 0 Å². The maximum absolute atomic E-state index is 14.4. The van der Waals surface area contributed by atoms with Gasteiger partial charge in [0.05, 0.1) is 24.4 Å². The molecule has 0 unspecified atom stereocenters. The topological polar surface area (TPSA) is 48.7 Å². The van der Waals surface area contributed by atoms with Crippen molar-refractivity contribution in [3.05, 3.63) is 77.6 Å². The van der Waals surface area contributed by atoms with Crippen LogP contribution < -0.4 is 5.38 Å². The van der Waals surface area contributed by atoms with Crippen LogP contribution in [0, 0.1) is 11.8 Å². The Labute approximate surface area is 282 Å². The Balaban J connectivity index is 1.59. The van der Waals surface area contributed by atoms with E-state index in [-0.39, 0.29) is 27.9 Å². The van der Waals surface area contributed by atoms with Crippen molar-refractivity contribution < 1.29 is 18.4 Å². The maximum atomic E-state index is 14.4. The first-order valence-electron chi connectivity index (χ1n) is 17.8. The Morgan fingerprint density at radius 3 is 2.26 bits per heavy atom. The van der Waals surface area contributed by atoms with Crippen LogP contribution in [0.15, 0.2) is 65.3 Å². The molecule has 0 spiro atoms. The van der Waals surface area contributed by atoms with Crippen LogP contribution in [-0.2, 0) is 27.0 Å². The van der Waals surface area contributed by atoms with E-state index in [1.807, 2.05) is 12.3 Å². The minimum Gasteiger partial charge on any atom is -0.474 e. The predicted molar refractivity (Wildman–Crippen MR) is 198 cm³/mol. The third-order valence-corrected chi connectivity index (χ3v) is 21.5. The summed E-state index contributed by atoms with van der Waals surface area (Å²) in [6.45, 7) is 29.0. The van der Waals surface area contributed by atoms with Gasteiger partial charge in [0.2, 0.25) is 0 Å². The van der Waals surface area contributed by atoms with Crippen LogP contribution in [0.2, 0.25) is 36.3 Å². The Hall–Kier alpha value is -2.00. The average molecular weight is 663 g/mol. The summed E-state index contributed by atoms with van der Waals surface area (Å²) >= 11 is 0. The first-order valence-corrected chi connectivity index (χ1v) is 23.7. The fourth-order valence-corrected chi connectivity index (χ4v) is 10.2. The van der Waals surface area contributed by atoms with Crippen molar-refractivity contribution in [3.8, 4) is 0 Å². The number of allylic oxidation sites excluding steroid dienone is 2. The molecular formula is C40H62O4Si2. The Kier molecular flexibility index (Phi) is 11.7. The normalized spacial score (nSPS) is 22.3. The third kappa shape index (κ3) is 7.99. The van der Waals surface area contributed by atoms with Crippen molar-refractivity contribution in [1.29, 1.82) is 0 Å².